The van der Waals surface area contributed by atoms with Gasteiger partial charge in [0.15, 0.2) is 5.82 Å². The molecule has 0 atom stereocenters. The Morgan fingerprint density at radius 2 is 1.78 bits per heavy atom. The van der Waals surface area contributed by atoms with Crippen molar-refractivity contribution >= 4 is 21.5 Å². The second-order valence-corrected chi connectivity index (χ2v) is 5.12. The number of aromatic nitrogens is 1. The Kier molecular flexibility index (Phi) is 3.45. The highest BCUT2D eigenvalue weighted by molar-refractivity contribution is 7.92. The van der Waals surface area contributed by atoms with Crippen molar-refractivity contribution in [3.05, 3.63) is 48.7 Å². The zero-order chi connectivity index (χ0) is 13.0. The Hall–Kier alpha value is -2.12. The summed E-state index contributed by atoms with van der Waals surface area (Å²) >= 11 is 0. The molecule has 0 aliphatic carbocycles. The average molecular weight is 264 g/mol. The van der Waals surface area contributed by atoms with Gasteiger partial charge in [0.05, 0.1) is 0 Å². The molecule has 1 aromatic heterocycles. The molecular weight excluding hydrogens is 252 g/mol. The number of para-hydroxylation sites is 1. The van der Waals surface area contributed by atoms with Crippen LogP contribution in [0.3, 0.4) is 0 Å². The maximum Gasteiger partial charge on any atom is 0.265 e. The van der Waals surface area contributed by atoms with Crippen LogP contribution in [-0.2, 0) is 10.0 Å². The fourth-order valence-corrected chi connectivity index (χ4v) is 2.61. The number of nitrogens with zero attached hydrogens (tertiary/aromatic N) is 1. The predicted molar refractivity (Wildman–Crippen MR) is 69.3 cm³/mol. The molecule has 0 saturated heterocycles. The molecular formula is C11H12N4O2S. The number of hydrogen-bond donors (Lipinski definition) is 3. The summed E-state index contributed by atoms with van der Waals surface area (Å²) < 4.78 is 26.7. The SMILES string of the molecule is NNc1ncccc1S(=O)(=O)Nc1ccccc1. The Morgan fingerprint density at radius 1 is 1.06 bits per heavy atom. The molecule has 0 aliphatic rings. The Labute approximate surface area is 105 Å². The van der Waals surface area contributed by atoms with Gasteiger partial charge in [-0.05, 0) is 24.3 Å². The Bertz CT molecular complexity index is 629. The van der Waals surface area contributed by atoms with Gasteiger partial charge in [0.25, 0.3) is 10.0 Å². The van der Waals surface area contributed by atoms with Crippen LogP contribution in [0, 0.1) is 0 Å². The molecule has 4 N–H and O–H groups in total. The molecule has 0 saturated carbocycles. The highest BCUT2D eigenvalue weighted by Crippen LogP contribution is 2.20. The molecule has 0 spiro atoms. The summed E-state index contributed by atoms with van der Waals surface area (Å²) in [6, 6.07) is 11.5. The van der Waals surface area contributed by atoms with E-state index in [4.69, 9.17) is 5.84 Å². The number of anilines is 2. The van der Waals surface area contributed by atoms with E-state index in [-0.39, 0.29) is 10.7 Å². The van der Waals surface area contributed by atoms with Gasteiger partial charge in [0.1, 0.15) is 4.90 Å². The van der Waals surface area contributed by atoms with E-state index in [9.17, 15) is 8.42 Å². The van der Waals surface area contributed by atoms with Gasteiger partial charge in [-0.15, -0.1) is 0 Å². The first kappa shape index (κ1) is 12.3. The second kappa shape index (κ2) is 5.03. The molecule has 1 heterocycles. The van der Waals surface area contributed by atoms with E-state index in [1.807, 2.05) is 0 Å². The fraction of sp³-hybridized carbons (Fsp3) is 0. The lowest BCUT2D eigenvalue weighted by atomic mass is 10.3. The third-order valence-electron chi connectivity index (χ3n) is 2.22. The Morgan fingerprint density at radius 3 is 2.44 bits per heavy atom. The van der Waals surface area contributed by atoms with Crippen LogP contribution in [0.5, 0.6) is 0 Å². The van der Waals surface area contributed by atoms with E-state index in [1.54, 1.807) is 30.3 Å². The predicted octanol–water partition coefficient (Wildman–Crippen LogP) is 1.17. The van der Waals surface area contributed by atoms with E-state index >= 15 is 0 Å². The van der Waals surface area contributed by atoms with Crippen molar-refractivity contribution in [1.82, 2.24) is 4.98 Å². The zero-order valence-electron chi connectivity index (χ0n) is 9.37. The van der Waals surface area contributed by atoms with Crippen LogP contribution in [0.15, 0.2) is 53.6 Å². The number of nitrogens with two attached hydrogens (primary N) is 1. The molecule has 0 unspecified atom stereocenters. The van der Waals surface area contributed by atoms with Crippen LogP contribution in [-0.4, -0.2) is 13.4 Å². The Balaban J connectivity index is 2.37. The molecule has 0 aliphatic heterocycles. The zero-order valence-corrected chi connectivity index (χ0v) is 10.2. The van der Waals surface area contributed by atoms with E-state index in [2.05, 4.69) is 15.1 Å². The molecule has 94 valence electrons. The number of hydrazine groups is 1. The summed E-state index contributed by atoms with van der Waals surface area (Å²) in [6.07, 6.45) is 1.46. The van der Waals surface area contributed by atoms with Gasteiger partial charge in [0.2, 0.25) is 0 Å². The lowest BCUT2D eigenvalue weighted by Gasteiger charge is -2.10. The molecule has 2 rings (SSSR count). The number of benzene rings is 1. The third kappa shape index (κ3) is 2.58. The van der Waals surface area contributed by atoms with Crippen LogP contribution < -0.4 is 16.0 Å². The summed E-state index contributed by atoms with van der Waals surface area (Å²) in [5, 5.41) is 0. The van der Waals surface area contributed by atoms with Crippen molar-refractivity contribution in [3.8, 4) is 0 Å². The standard InChI is InChI=1S/C11H12N4O2S/c12-14-11-10(7-4-8-13-11)18(16,17)15-9-5-2-1-3-6-9/h1-8,15H,12H2,(H,13,14). The molecule has 0 bridgehead atoms. The minimum absolute atomic E-state index is 0.00338. The maximum absolute atomic E-state index is 12.1. The van der Waals surface area contributed by atoms with Crippen LogP contribution in [0.2, 0.25) is 0 Å². The van der Waals surface area contributed by atoms with Gasteiger partial charge >= 0.3 is 0 Å². The lowest BCUT2D eigenvalue weighted by Crippen LogP contribution is -2.18. The van der Waals surface area contributed by atoms with E-state index in [0.717, 1.165) is 0 Å². The number of pyridine rings is 1. The van der Waals surface area contributed by atoms with Gasteiger partial charge in [-0.1, -0.05) is 18.2 Å². The summed E-state index contributed by atoms with van der Waals surface area (Å²) in [6.45, 7) is 0. The monoisotopic (exact) mass is 264 g/mol. The van der Waals surface area contributed by atoms with Crippen LogP contribution >= 0.6 is 0 Å². The minimum Gasteiger partial charge on any atom is -0.307 e. The molecule has 0 amide bonds. The second-order valence-electron chi connectivity index (χ2n) is 3.47. The molecule has 0 radical (unpaired) electrons. The molecule has 0 fully saturated rings. The van der Waals surface area contributed by atoms with Gasteiger partial charge < -0.3 is 5.43 Å². The fourth-order valence-electron chi connectivity index (χ4n) is 1.43. The number of sulfonamides is 1. The van der Waals surface area contributed by atoms with Crippen molar-refractivity contribution in [1.29, 1.82) is 0 Å². The molecule has 6 nitrogen and oxygen atoms in total. The van der Waals surface area contributed by atoms with Gasteiger partial charge in [-0.25, -0.2) is 19.2 Å². The van der Waals surface area contributed by atoms with Gasteiger partial charge in [-0.3, -0.25) is 4.72 Å². The van der Waals surface area contributed by atoms with E-state index in [1.165, 1.54) is 18.3 Å². The summed E-state index contributed by atoms with van der Waals surface area (Å²) in [4.78, 5) is 3.85. The van der Waals surface area contributed by atoms with Crippen molar-refractivity contribution in [2.24, 2.45) is 5.84 Å². The first-order valence-electron chi connectivity index (χ1n) is 5.13. The summed E-state index contributed by atoms with van der Waals surface area (Å²) in [5.41, 5.74) is 2.73. The summed E-state index contributed by atoms with van der Waals surface area (Å²) in [5.74, 6) is 5.33. The van der Waals surface area contributed by atoms with Crippen LogP contribution in [0.25, 0.3) is 0 Å². The van der Waals surface area contributed by atoms with E-state index < -0.39 is 10.0 Å². The first-order valence-corrected chi connectivity index (χ1v) is 6.61. The average Bonchev–Trinajstić information content (AvgIpc) is 2.39. The topological polar surface area (TPSA) is 97.1 Å². The number of nitrogens with one attached hydrogen (secondary N) is 2. The van der Waals surface area contributed by atoms with E-state index in [0.29, 0.717) is 5.69 Å². The quantitative estimate of drug-likeness (QED) is 0.569. The van der Waals surface area contributed by atoms with Crippen molar-refractivity contribution in [2.75, 3.05) is 10.1 Å². The molecule has 7 heteroatoms. The summed E-state index contributed by atoms with van der Waals surface area (Å²) in [7, 11) is -3.71. The maximum atomic E-state index is 12.1. The smallest absolute Gasteiger partial charge is 0.265 e. The van der Waals surface area contributed by atoms with Crippen molar-refractivity contribution in [2.45, 2.75) is 4.90 Å². The normalized spacial score (nSPS) is 10.9. The number of hydrogen-bond acceptors (Lipinski definition) is 5. The van der Waals surface area contributed by atoms with Gasteiger partial charge in [0, 0.05) is 11.9 Å². The highest BCUT2D eigenvalue weighted by atomic mass is 32.2. The first-order chi connectivity index (χ1) is 8.63. The van der Waals surface area contributed by atoms with Crippen LogP contribution in [0.1, 0.15) is 0 Å². The van der Waals surface area contributed by atoms with Gasteiger partial charge in [-0.2, -0.15) is 0 Å². The highest BCUT2D eigenvalue weighted by Gasteiger charge is 2.18. The lowest BCUT2D eigenvalue weighted by molar-refractivity contribution is 0.601. The van der Waals surface area contributed by atoms with Crippen LogP contribution in [0.4, 0.5) is 11.5 Å². The minimum atomic E-state index is -3.71. The molecule has 2 aromatic rings. The molecule has 18 heavy (non-hydrogen) atoms. The number of rotatable bonds is 4. The van der Waals surface area contributed by atoms with Crippen molar-refractivity contribution < 1.29 is 8.42 Å². The van der Waals surface area contributed by atoms with Crippen molar-refractivity contribution in [3.63, 3.8) is 0 Å². The third-order valence-corrected chi connectivity index (χ3v) is 3.64. The number of nitrogen functional groups attached to an aromatic ring is 1. The molecule has 1 aromatic carbocycles. The largest absolute Gasteiger partial charge is 0.307 e.